The van der Waals surface area contributed by atoms with Crippen LogP contribution in [-0.2, 0) is 0 Å². The molecular weight excluding hydrogens is 199 g/mol. The summed E-state index contributed by atoms with van der Waals surface area (Å²) in [5.74, 6) is 2.95. The van der Waals surface area contributed by atoms with E-state index in [1.54, 1.807) is 0 Å². The van der Waals surface area contributed by atoms with E-state index in [0.29, 0.717) is 0 Å². The minimum Gasteiger partial charge on any atom is -0.134 e. The molecule has 0 bridgehead atoms. The Balaban J connectivity index is 1.78. The first-order valence-electron chi connectivity index (χ1n) is 6.67. The molecule has 0 N–H and O–H groups in total. The molecule has 0 amide bonds. The lowest BCUT2D eigenvalue weighted by atomic mass is 9.71. The van der Waals surface area contributed by atoms with Gasteiger partial charge in [0.05, 0.1) is 0 Å². The summed E-state index contributed by atoms with van der Waals surface area (Å²) in [7, 11) is 3.01. The van der Waals surface area contributed by atoms with Crippen LogP contribution in [0.15, 0.2) is 12.7 Å². The second-order valence-electron chi connectivity index (χ2n) is 5.59. The van der Waals surface area contributed by atoms with Gasteiger partial charge in [0, 0.05) is 0 Å². The summed E-state index contributed by atoms with van der Waals surface area (Å²) in [5, 5.41) is 0. The Hall–Kier alpha value is 0.170. The number of hydrogen-bond acceptors (Lipinski definition) is 0. The van der Waals surface area contributed by atoms with Crippen molar-refractivity contribution in [3.8, 4) is 0 Å². The van der Waals surface area contributed by atoms with E-state index in [1.165, 1.54) is 51.4 Å². The first-order valence-corrected chi connectivity index (χ1v) is 7.34. The normalized spacial score (nSPS) is 42.5. The predicted molar refractivity (Wildman–Crippen MR) is 71.1 cm³/mol. The summed E-state index contributed by atoms with van der Waals surface area (Å²) in [6.07, 6.45) is 13.9. The lowest BCUT2D eigenvalue weighted by Gasteiger charge is -2.36. The maximum Gasteiger partial charge on any atom is -0.0236 e. The Morgan fingerprint density at radius 2 is 1.27 bits per heavy atom. The van der Waals surface area contributed by atoms with E-state index in [0.717, 1.165) is 23.4 Å². The van der Waals surface area contributed by atoms with E-state index < -0.39 is 0 Å². The summed E-state index contributed by atoms with van der Waals surface area (Å²) >= 11 is 0. The first kappa shape index (κ1) is 11.6. The van der Waals surface area contributed by atoms with Gasteiger partial charge in [-0.15, -0.1) is 15.8 Å². The zero-order valence-corrected chi connectivity index (χ0v) is 11.0. The molecule has 15 heavy (non-hydrogen) atoms. The van der Waals surface area contributed by atoms with E-state index in [4.69, 9.17) is 0 Å². The van der Waals surface area contributed by atoms with Gasteiger partial charge in [-0.3, -0.25) is 0 Å². The van der Waals surface area contributed by atoms with Gasteiger partial charge in [-0.25, -0.2) is 0 Å². The van der Waals surface area contributed by atoms with Crippen molar-refractivity contribution in [2.45, 2.75) is 57.0 Å². The third kappa shape index (κ3) is 3.06. The molecule has 2 fully saturated rings. The van der Waals surface area contributed by atoms with Crippen molar-refractivity contribution in [2.24, 2.45) is 17.8 Å². The molecule has 0 aromatic carbocycles. The zero-order chi connectivity index (χ0) is 10.7. The summed E-state index contributed by atoms with van der Waals surface area (Å²) in [5.41, 5.74) is 0.922. The smallest absolute Gasteiger partial charge is 0.0236 e. The van der Waals surface area contributed by atoms with Crippen LogP contribution in [0.4, 0.5) is 0 Å². The second-order valence-corrected chi connectivity index (χ2v) is 6.53. The zero-order valence-electron chi connectivity index (χ0n) is 9.83. The van der Waals surface area contributed by atoms with Gasteiger partial charge in [0.2, 0.25) is 0 Å². The quantitative estimate of drug-likeness (QED) is 0.481. The molecule has 2 rings (SSSR count). The van der Waals surface area contributed by atoms with Crippen molar-refractivity contribution in [3.63, 3.8) is 0 Å². The van der Waals surface area contributed by atoms with Gasteiger partial charge in [-0.2, -0.15) is 0 Å². The third-order valence-corrected chi connectivity index (χ3v) is 5.30. The molecule has 0 aliphatic heterocycles. The van der Waals surface area contributed by atoms with Gasteiger partial charge in [-0.1, -0.05) is 6.08 Å². The van der Waals surface area contributed by atoms with Crippen LogP contribution in [0, 0.1) is 17.8 Å². The van der Waals surface area contributed by atoms with Gasteiger partial charge in [-0.05, 0) is 74.8 Å². The molecule has 1 atom stereocenters. The van der Waals surface area contributed by atoms with Crippen molar-refractivity contribution in [1.29, 1.82) is 0 Å². The van der Waals surface area contributed by atoms with E-state index in [1.807, 2.05) is 0 Å². The van der Waals surface area contributed by atoms with E-state index in [-0.39, 0.29) is 0 Å². The Kier molecular flexibility index (Phi) is 4.26. The molecule has 86 valence electrons. The molecule has 2 aliphatic carbocycles. The summed E-state index contributed by atoms with van der Waals surface area (Å²) in [4.78, 5) is 0. The van der Waals surface area contributed by atoms with Crippen LogP contribution in [0.3, 0.4) is 0 Å². The number of allylic oxidation sites excluding steroid dienone is 1. The van der Waals surface area contributed by atoms with E-state index >= 15 is 0 Å². The molecule has 1 heteroatoms. The highest BCUT2D eigenvalue weighted by Crippen LogP contribution is 2.41. The molecule has 2 aliphatic rings. The standard InChI is InChI=1S/C14H25P/c1-2-11-3-5-12(6-4-11)13-7-9-14(15)10-8-13/h2,11-14H,1,3-10,15H2. The summed E-state index contributed by atoms with van der Waals surface area (Å²) in [6.45, 7) is 3.93. The minimum absolute atomic E-state index is 0.833. The molecule has 0 nitrogen and oxygen atoms in total. The highest BCUT2D eigenvalue weighted by molar-refractivity contribution is 7.17. The minimum atomic E-state index is 0.833. The molecule has 0 aromatic heterocycles. The Labute approximate surface area is 97.1 Å². The highest BCUT2D eigenvalue weighted by Gasteiger charge is 2.28. The maximum atomic E-state index is 3.93. The fraction of sp³-hybridized carbons (Fsp3) is 0.857. The van der Waals surface area contributed by atoms with Crippen molar-refractivity contribution in [2.75, 3.05) is 0 Å². The average molecular weight is 224 g/mol. The van der Waals surface area contributed by atoms with Crippen LogP contribution in [0.2, 0.25) is 0 Å². The van der Waals surface area contributed by atoms with Gasteiger partial charge < -0.3 is 0 Å². The van der Waals surface area contributed by atoms with Crippen LogP contribution < -0.4 is 0 Å². The molecule has 0 heterocycles. The van der Waals surface area contributed by atoms with Crippen LogP contribution in [0.1, 0.15) is 51.4 Å². The molecule has 0 spiro atoms. The molecule has 0 saturated heterocycles. The molecule has 0 radical (unpaired) electrons. The molecule has 1 unspecified atom stereocenters. The predicted octanol–water partition coefficient (Wildman–Crippen LogP) is 4.41. The summed E-state index contributed by atoms with van der Waals surface area (Å²) in [6, 6.07) is 0. The van der Waals surface area contributed by atoms with Crippen LogP contribution in [0.25, 0.3) is 0 Å². The number of rotatable bonds is 2. The SMILES string of the molecule is C=CC1CCC(C2CCC(P)CC2)CC1. The van der Waals surface area contributed by atoms with Gasteiger partial charge >= 0.3 is 0 Å². The monoisotopic (exact) mass is 224 g/mol. The van der Waals surface area contributed by atoms with Gasteiger partial charge in [0.25, 0.3) is 0 Å². The van der Waals surface area contributed by atoms with Crippen LogP contribution in [0.5, 0.6) is 0 Å². The molecule has 0 aromatic rings. The first-order chi connectivity index (χ1) is 7.29. The topological polar surface area (TPSA) is 0 Å². The second kappa shape index (κ2) is 5.48. The fourth-order valence-electron chi connectivity index (χ4n) is 3.47. The van der Waals surface area contributed by atoms with E-state index in [9.17, 15) is 0 Å². The van der Waals surface area contributed by atoms with Crippen molar-refractivity contribution in [3.05, 3.63) is 12.7 Å². The lowest BCUT2D eigenvalue weighted by molar-refractivity contribution is 0.182. The van der Waals surface area contributed by atoms with Crippen molar-refractivity contribution >= 4 is 9.24 Å². The largest absolute Gasteiger partial charge is 0.134 e. The van der Waals surface area contributed by atoms with Crippen molar-refractivity contribution in [1.82, 2.24) is 0 Å². The lowest BCUT2D eigenvalue weighted by Crippen LogP contribution is -2.25. The fourth-order valence-corrected chi connectivity index (χ4v) is 3.85. The van der Waals surface area contributed by atoms with Crippen molar-refractivity contribution < 1.29 is 0 Å². The van der Waals surface area contributed by atoms with Gasteiger partial charge in [0.15, 0.2) is 0 Å². The maximum absolute atomic E-state index is 3.93. The average Bonchev–Trinajstić information content (AvgIpc) is 2.30. The number of hydrogen-bond donors (Lipinski definition) is 0. The van der Waals surface area contributed by atoms with Gasteiger partial charge in [0.1, 0.15) is 0 Å². The summed E-state index contributed by atoms with van der Waals surface area (Å²) < 4.78 is 0. The Morgan fingerprint density at radius 1 is 0.800 bits per heavy atom. The third-order valence-electron chi connectivity index (χ3n) is 4.63. The Morgan fingerprint density at radius 3 is 1.73 bits per heavy atom. The van der Waals surface area contributed by atoms with Crippen LogP contribution in [-0.4, -0.2) is 5.66 Å². The molecular formula is C14H25P. The highest BCUT2D eigenvalue weighted by atomic mass is 31.0. The van der Waals surface area contributed by atoms with E-state index in [2.05, 4.69) is 21.9 Å². The Bertz CT molecular complexity index is 195. The molecule has 2 saturated carbocycles. The van der Waals surface area contributed by atoms with Crippen LogP contribution >= 0.6 is 9.24 Å².